The van der Waals surface area contributed by atoms with E-state index in [1.165, 1.54) is 12.3 Å². The van der Waals surface area contributed by atoms with Crippen LogP contribution in [-0.2, 0) is 17.5 Å². The van der Waals surface area contributed by atoms with Gasteiger partial charge in [0, 0.05) is 16.5 Å². The number of benzene rings is 2. The molecule has 1 heterocycles. The van der Waals surface area contributed by atoms with E-state index in [2.05, 4.69) is 9.55 Å². The third-order valence-electron chi connectivity index (χ3n) is 3.83. The molecular weight excluding hydrogens is 377 g/mol. The molecule has 1 aromatic heterocycles. The van der Waals surface area contributed by atoms with E-state index in [0.29, 0.717) is 22.2 Å². The quantitative estimate of drug-likeness (QED) is 0.442. The summed E-state index contributed by atoms with van der Waals surface area (Å²) in [5, 5.41) is 4.40. The number of halogens is 3. The average Bonchev–Trinajstić information content (AvgIpc) is 3.01. The van der Waals surface area contributed by atoms with E-state index in [-0.39, 0.29) is 5.58 Å². The Bertz CT molecular complexity index is 991. The Morgan fingerprint density at radius 2 is 1.81 bits per heavy atom. The first kappa shape index (κ1) is 19.4. The van der Waals surface area contributed by atoms with Crippen molar-refractivity contribution in [2.24, 2.45) is 4.40 Å². The fourth-order valence-corrected chi connectivity index (χ4v) is 2.92. The molecule has 0 aliphatic heterocycles. The first-order valence-corrected chi connectivity index (χ1v) is 9.20. The first-order chi connectivity index (χ1) is 12.6. The fraction of sp³-hybridized carbons (Fsp3) is 0.263. The predicted molar refractivity (Wildman–Crippen MR) is 99.9 cm³/mol. The van der Waals surface area contributed by atoms with Crippen LogP contribution in [0.1, 0.15) is 31.9 Å². The molecule has 0 amide bonds. The van der Waals surface area contributed by atoms with Crippen molar-refractivity contribution in [3.63, 3.8) is 0 Å². The summed E-state index contributed by atoms with van der Waals surface area (Å²) < 4.78 is 59.5. The molecular formula is C19H17F3N2O2S. The maximum absolute atomic E-state index is 12.9. The summed E-state index contributed by atoms with van der Waals surface area (Å²) in [5.41, 5.74) is 0.927. The van der Waals surface area contributed by atoms with Gasteiger partial charge in [-0.15, -0.1) is 0 Å². The van der Waals surface area contributed by atoms with Crippen LogP contribution in [0, 0.1) is 0 Å². The minimum absolute atomic E-state index is 0.0461. The molecule has 2 aromatic carbocycles. The summed E-state index contributed by atoms with van der Waals surface area (Å²) in [6, 6.07) is 10.4. The number of nitrogens with zero attached hydrogens (tertiary/aromatic N) is 2. The van der Waals surface area contributed by atoms with Crippen molar-refractivity contribution >= 4 is 28.5 Å². The van der Waals surface area contributed by atoms with Gasteiger partial charge in [-0.3, -0.25) is 0 Å². The number of alkyl halides is 3. The van der Waals surface area contributed by atoms with Gasteiger partial charge in [-0.2, -0.15) is 13.2 Å². The van der Waals surface area contributed by atoms with E-state index in [9.17, 15) is 17.7 Å². The van der Waals surface area contributed by atoms with Gasteiger partial charge < -0.3 is 9.08 Å². The molecule has 1 atom stereocenters. The second kappa shape index (κ2) is 7.01. The number of hydrogen-bond acceptors (Lipinski definition) is 4. The van der Waals surface area contributed by atoms with Crippen LogP contribution in [-0.4, -0.2) is 20.7 Å². The Morgan fingerprint density at radius 3 is 2.48 bits per heavy atom. The maximum Gasteiger partial charge on any atom is 0.416 e. The molecule has 1 unspecified atom stereocenters. The third kappa shape index (κ3) is 4.17. The molecule has 0 saturated heterocycles. The zero-order chi connectivity index (χ0) is 19.8. The number of fused-ring (bicyclic) bond motifs is 1. The molecule has 142 valence electrons. The molecule has 0 fully saturated rings. The molecule has 4 nitrogen and oxygen atoms in total. The van der Waals surface area contributed by atoms with E-state index in [4.69, 9.17) is 4.52 Å². The highest BCUT2D eigenvalue weighted by molar-refractivity contribution is 7.91. The highest BCUT2D eigenvalue weighted by atomic mass is 32.2. The van der Waals surface area contributed by atoms with E-state index in [1.807, 2.05) is 20.8 Å². The highest BCUT2D eigenvalue weighted by Gasteiger charge is 2.31. The second-order valence-corrected chi connectivity index (χ2v) is 8.86. The summed E-state index contributed by atoms with van der Waals surface area (Å²) in [6.07, 6.45) is -2.97. The van der Waals surface area contributed by atoms with Crippen LogP contribution in [0.2, 0.25) is 0 Å². The Kier molecular flexibility index (Phi) is 5.05. The number of aromatic nitrogens is 1. The van der Waals surface area contributed by atoms with Gasteiger partial charge in [0.2, 0.25) is 0 Å². The Labute approximate surface area is 157 Å². The molecule has 0 aliphatic carbocycles. The van der Waals surface area contributed by atoms with Crippen LogP contribution in [0.5, 0.6) is 0 Å². The fourth-order valence-electron chi connectivity index (χ4n) is 2.40. The van der Waals surface area contributed by atoms with Crippen molar-refractivity contribution in [2.75, 3.05) is 0 Å². The Hall–Kier alpha value is -2.32. The Morgan fingerprint density at radius 1 is 1.11 bits per heavy atom. The van der Waals surface area contributed by atoms with Gasteiger partial charge in [0.05, 0.1) is 11.8 Å². The van der Waals surface area contributed by atoms with Crippen LogP contribution < -0.4 is 0 Å². The van der Waals surface area contributed by atoms with E-state index in [1.54, 1.807) is 24.3 Å². The normalized spacial score (nSPS) is 14.2. The van der Waals surface area contributed by atoms with Crippen LogP contribution >= 0.6 is 0 Å². The van der Waals surface area contributed by atoms with Crippen LogP contribution in [0.4, 0.5) is 13.2 Å². The zero-order valence-corrected chi connectivity index (χ0v) is 15.7. The van der Waals surface area contributed by atoms with Crippen molar-refractivity contribution in [1.29, 1.82) is 0 Å². The summed E-state index contributed by atoms with van der Waals surface area (Å²) in [5.74, 6) is 0. The minimum Gasteiger partial charge on any atom is -0.591 e. The minimum atomic E-state index is -4.46. The van der Waals surface area contributed by atoms with Gasteiger partial charge >= 0.3 is 6.18 Å². The van der Waals surface area contributed by atoms with E-state index in [0.717, 1.165) is 12.1 Å². The van der Waals surface area contributed by atoms with Crippen LogP contribution in [0.3, 0.4) is 0 Å². The molecule has 3 rings (SSSR count). The molecule has 0 N–H and O–H groups in total. The smallest absolute Gasteiger partial charge is 0.416 e. The number of rotatable bonds is 3. The summed E-state index contributed by atoms with van der Waals surface area (Å²) in [6.45, 7) is 5.45. The number of hydrogen-bond donors (Lipinski definition) is 0. The molecule has 0 saturated carbocycles. The lowest BCUT2D eigenvalue weighted by Gasteiger charge is -2.17. The monoisotopic (exact) mass is 394 g/mol. The second-order valence-electron chi connectivity index (χ2n) is 6.92. The van der Waals surface area contributed by atoms with Crippen molar-refractivity contribution in [3.8, 4) is 11.3 Å². The van der Waals surface area contributed by atoms with Crippen molar-refractivity contribution in [2.45, 2.75) is 31.7 Å². The predicted octanol–water partition coefficient (Wildman–Crippen LogP) is 5.39. The molecule has 8 heteroatoms. The average molecular weight is 394 g/mol. The molecule has 27 heavy (non-hydrogen) atoms. The van der Waals surface area contributed by atoms with Crippen molar-refractivity contribution in [1.82, 2.24) is 5.16 Å². The largest absolute Gasteiger partial charge is 0.591 e. The van der Waals surface area contributed by atoms with Gasteiger partial charge in [-0.1, -0.05) is 33.8 Å². The lowest BCUT2D eigenvalue weighted by atomic mass is 10.0. The van der Waals surface area contributed by atoms with Gasteiger partial charge in [-0.05, 0) is 39.0 Å². The van der Waals surface area contributed by atoms with Crippen LogP contribution in [0.15, 0.2) is 51.4 Å². The van der Waals surface area contributed by atoms with Gasteiger partial charge in [-0.25, -0.2) is 0 Å². The van der Waals surface area contributed by atoms with Crippen molar-refractivity contribution in [3.05, 3.63) is 53.6 Å². The van der Waals surface area contributed by atoms with Gasteiger partial charge in [0.25, 0.3) is 0 Å². The highest BCUT2D eigenvalue weighted by Crippen LogP contribution is 2.35. The lowest BCUT2D eigenvalue weighted by Crippen LogP contribution is -2.25. The molecule has 0 radical (unpaired) electrons. The SMILES string of the molecule is CC(C)(C)[S+]([O-])N=Cc1ccccc1-c1noc2cc(C(F)(F)F)ccc12. The summed E-state index contributed by atoms with van der Waals surface area (Å²) in [7, 11) is 0. The van der Waals surface area contributed by atoms with Gasteiger partial charge in [0.1, 0.15) is 21.8 Å². The third-order valence-corrected chi connectivity index (χ3v) is 5.17. The maximum atomic E-state index is 12.9. The zero-order valence-electron chi connectivity index (χ0n) is 14.9. The first-order valence-electron chi connectivity index (χ1n) is 8.09. The van der Waals surface area contributed by atoms with Gasteiger partial charge in [0.15, 0.2) is 5.58 Å². The van der Waals surface area contributed by atoms with Crippen molar-refractivity contribution < 1.29 is 22.2 Å². The lowest BCUT2D eigenvalue weighted by molar-refractivity contribution is -0.137. The summed E-state index contributed by atoms with van der Waals surface area (Å²) in [4.78, 5) is 0. The van der Waals surface area contributed by atoms with Crippen LogP contribution in [0.25, 0.3) is 22.2 Å². The molecule has 3 aromatic rings. The van der Waals surface area contributed by atoms with E-state index >= 15 is 0 Å². The molecule has 0 spiro atoms. The summed E-state index contributed by atoms with van der Waals surface area (Å²) >= 11 is -1.43. The standard InChI is InChI=1S/C19H17F3N2O2S/c1-18(2,3)27(25)23-11-12-6-4-5-7-14(12)17-15-9-8-13(19(20,21)22)10-16(15)26-24-17/h4-11H,1-3H3. The van der Waals surface area contributed by atoms with E-state index < -0.39 is 27.8 Å². The topological polar surface area (TPSA) is 61.5 Å². The Balaban J connectivity index is 2.04. The molecule has 0 bridgehead atoms. The molecule has 0 aliphatic rings.